The molecule has 0 aliphatic heterocycles. The third-order valence-corrected chi connectivity index (χ3v) is 4.87. The van der Waals surface area contributed by atoms with Gasteiger partial charge < -0.3 is 9.88 Å². The summed E-state index contributed by atoms with van der Waals surface area (Å²) in [6, 6.07) is 13.4. The summed E-state index contributed by atoms with van der Waals surface area (Å²) in [6.07, 6.45) is 1.44. The molecule has 1 amide bonds. The Labute approximate surface area is 161 Å². The van der Waals surface area contributed by atoms with Crippen LogP contribution in [0.4, 0.5) is 0 Å². The van der Waals surface area contributed by atoms with Crippen molar-refractivity contribution in [3.8, 4) is 0 Å². The highest BCUT2D eigenvalue weighted by Gasteiger charge is 2.10. The van der Waals surface area contributed by atoms with Crippen molar-refractivity contribution in [2.24, 2.45) is 0 Å². The van der Waals surface area contributed by atoms with Gasteiger partial charge in [0.1, 0.15) is 12.4 Å². The van der Waals surface area contributed by atoms with Crippen molar-refractivity contribution in [2.75, 3.05) is 6.54 Å². The molecule has 0 spiro atoms. The smallest absolute Gasteiger partial charge is 0.261 e. The number of fused-ring (bicyclic) bond motifs is 2. The highest BCUT2D eigenvalue weighted by molar-refractivity contribution is 5.81. The van der Waals surface area contributed by atoms with Crippen LogP contribution in [-0.2, 0) is 17.9 Å². The second-order valence-electron chi connectivity index (χ2n) is 6.80. The Kier molecular flexibility index (Phi) is 4.65. The van der Waals surface area contributed by atoms with Crippen molar-refractivity contribution in [3.63, 3.8) is 0 Å². The number of rotatable bonds is 5. The molecule has 0 fully saturated rings. The van der Waals surface area contributed by atoms with Crippen LogP contribution in [-0.4, -0.2) is 31.6 Å². The second-order valence-corrected chi connectivity index (χ2v) is 6.80. The number of hydrogen-bond donors (Lipinski definition) is 1. The number of aryl methyl sites for hydroxylation is 2. The molecule has 0 saturated carbocycles. The lowest BCUT2D eigenvalue weighted by molar-refractivity contribution is -0.121. The van der Waals surface area contributed by atoms with Crippen LogP contribution in [0.15, 0.2) is 53.6 Å². The molecule has 2 aromatic carbocycles. The topological polar surface area (TPSA) is 81.8 Å². The second kappa shape index (κ2) is 7.26. The van der Waals surface area contributed by atoms with Crippen LogP contribution in [0, 0.1) is 13.8 Å². The van der Waals surface area contributed by atoms with Crippen LogP contribution < -0.4 is 10.9 Å². The summed E-state index contributed by atoms with van der Waals surface area (Å²) in [5.74, 6) is 0.679. The molecular weight excluding hydrogens is 354 g/mol. The van der Waals surface area contributed by atoms with Crippen molar-refractivity contribution >= 4 is 27.8 Å². The van der Waals surface area contributed by atoms with Gasteiger partial charge in [0.05, 0.1) is 28.3 Å². The summed E-state index contributed by atoms with van der Waals surface area (Å²) in [4.78, 5) is 33.8. The Morgan fingerprint density at radius 3 is 2.79 bits per heavy atom. The first-order valence-corrected chi connectivity index (χ1v) is 9.18. The van der Waals surface area contributed by atoms with E-state index in [4.69, 9.17) is 0 Å². The van der Waals surface area contributed by atoms with Crippen LogP contribution >= 0.6 is 0 Å². The molecule has 142 valence electrons. The minimum Gasteiger partial charge on any atom is -0.353 e. The van der Waals surface area contributed by atoms with Gasteiger partial charge in [0.25, 0.3) is 5.56 Å². The zero-order valence-electron chi connectivity index (χ0n) is 15.8. The van der Waals surface area contributed by atoms with Crippen LogP contribution in [0.5, 0.6) is 0 Å². The number of nitrogens with zero attached hydrogens (tertiary/aromatic N) is 4. The van der Waals surface area contributed by atoms with Gasteiger partial charge in [-0.3, -0.25) is 14.2 Å². The fourth-order valence-electron chi connectivity index (χ4n) is 3.45. The Bertz CT molecular complexity index is 1240. The fraction of sp³-hybridized carbons (Fsp3) is 0.238. The largest absolute Gasteiger partial charge is 0.353 e. The maximum Gasteiger partial charge on any atom is 0.261 e. The first-order valence-electron chi connectivity index (χ1n) is 9.18. The summed E-state index contributed by atoms with van der Waals surface area (Å²) in [5, 5.41) is 3.40. The van der Waals surface area contributed by atoms with Gasteiger partial charge in [-0.05, 0) is 37.6 Å². The molecule has 0 saturated heterocycles. The van der Waals surface area contributed by atoms with E-state index < -0.39 is 0 Å². The summed E-state index contributed by atoms with van der Waals surface area (Å²) in [7, 11) is 0. The molecule has 7 heteroatoms. The summed E-state index contributed by atoms with van der Waals surface area (Å²) in [5.41, 5.74) is 3.39. The summed E-state index contributed by atoms with van der Waals surface area (Å²) >= 11 is 0. The van der Waals surface area contributed by atoms with E-state index in [9.17, 15) is 9.59 Å². The SMILES string of the molecule is Cc1cccc2c(=O)n(CC(=O)NCCn3c(C)nc4ccccc43)cnc12. The first kappa shape index (κ1) is 17.9. The number of carbonyl (C=O) groups excluding carboxylic acids is 1. The lowest BCUT2D eigenvalue weighted by Gasteiger charge is -2.10. The molecule has 0 unspecified atom stereocenters. The highest BCUT2D eigenvalue weighted by atomic mass is 16.2. The van der Waals surface area contributed by atoms with Gasteiger partial charge in [-0.1, -0.05) is 24.3 Å². The molecule has 0 bridgehead atoms. The average molecular weight is 375 g/mol. The van der Waals surface area contributed by atoms with Crippen molar-refractivity contribution < 1.29 is 4.79 Å². The van der Waals surface area contributed by atoms with Crippen LogP contribution in [0.25, 0.3) is 21.9 Å². The lowest BCUT2D eigenvalue weighted by Crippen LogP contribution is -2.34. The van der Waals surface area contributed by atoms with Gasteiger partial charge in [0.15, 0.2) is 0 Å². The number of carbonyl (C=O) groups is 1. The molecule has 0 radical (unpaired) electrons. The third kappa shape index (κ3) is 3.26. The zero-order valence-corrected chi connectivity index (χ0v) is 15.8. The number of para-hydroxylation sites is 3. The van der Waals surface area contributed by atoms with E-state index in [1.807, 2.05) is 50.2 Å². The maximum absolute atomic E-state index is 12.6. The molecule has 2 heterocycles. The van der Waals surface area contributed by atoms with Crippen molar-refractivity contribution in [3.05, 3.63) is 70.5 Å². The third-order valence-electron chi connectivity index (χ3n) is 4.87. The van der Waals surface area contributed by atoms with Gasteiger partial charge in [0.2, 0.25) is 5.91 Å². The Balaban J connectivity index is 1.44. The number of imidazole rings is 1. The number of aromatic nitrogens is 4. The van der Waals surface area contributed by atoms with E-state index in [0.717, 1.165) is 22.4 Å². The van der Waals surface area contributed by atoms with Gasteiger partial charge in [-0.2, -0.15) is 0 Å². The van der Waals surface area contributed by atoms with Gasteiger partial charge in [-0.25, -0.2) is 9.97 Å². The minimum atomic E-state index is -0.224. The first-order chi connectivity index (χ1) is 13.5. The highest BCUT2D eigenvalue weighted by Crippen LogP contribution is 2.15. The number of amides is 1. The normalized spacial score (nSPS) is 11.2. The zero-order chi connectivity index (χ0) is 19.7. The standard InChI is InChI=1S/C21H21N5O2/c1-14-6-5-7-16-20(14)23-13-25(21(16)28)12-19(27)22-10-11-26-15(2)24-17-8-3-4-9-18(17)26/h3-9,13H,10-12H2,1-2H3,(H,22,27). The molecule has 7 nitrogen and oxygen atoms in total. The number of hydrogen-bond acceptors (Lipinski definition) is 4. The number of nitrogens with one attached hydrogen (secondary N) is 1. The predicted octanol–water partition coefficient (Wildman–Crippen LogP) is 2.18. The molecule has 4 aromatic rings. The molecule has 1 N–H and O–H groups in total. The monoisotopic (exact) mass is 375 g/mol. The molecule has 4 rings (SSSR count). The van der Waals surface area contributed by atoms with Crippen molar-refractivity contribution in [1.29, 1.82) is 0 Å². The Morgan fingerprint density at radius 2 is 1.93 bits per heavy atom. The summed E-state index contributed by atoms with van der Waals surface area (Å²) < 4.78 is 3.41. The maximum atomic E-state index is 12.6. The van der Waals surface area contributed by atoms with E-state index >= 15 is 0 Å². The Hall–Kier alpha value is -3.48. The molecular formula is C21H21N5O2. The summed E-state index contributed by atoms with van der Waals surface area (Å²) in [6.45, 7) is 4.87. The molecule has 2 aromatic heterocycles. The van der Waals surface area contributed by atoms with E-state index in [0.29, 0.717) is 24.0 Å². The van der Waals surface area contributed by atoms with Crippen LogP contribution in [0.1, 0.15) is 11.4 Å². The van der Waals surface area contributed by atoms with E-state index in [1.165, 1.54) is 10.9 Å². The van der Waals surface area contributed by atoms with Crippen LogP contribution in [0.2, 0.25) is 0 Å². The number of benzene rings is 2. The minimum absolute atomic E-state index is 0.0562. The molecule has 0 aliphatic rings. The van der Waals surface area contributed by atoms with E-state index in [2.05, 4.69) is 19.9 Å². The van der Waals surface area contributed by atoms with Crippen LogP contribution in [0.3, 0.4) is 0 Å². The molecule has 0 aliphatic carbocycles. The fourth-order valence-corrected chi connectivity index (χ4v) is 3.45. The average Bonchev–Trinajstić information content (AvgIpc) is 3.00. The van der Waals surface area contributed by atoms with E-state index in [-0.39, 0.29) is 18.0 Å². The van der Waals surface area contributed by atoms with Gasteiger partial charge in [0, 0.05) is 13.1 Å². The lowest BCUT2D eigenvalue weighted by atomic mass is 10.1. The quantitative estimate of drug-likeness (QED) is 0.580. The van der Waals surface area contributed by atoms with Gasteiger partial charge >= 0.3 is 0 Å². The van der Waals surface area contributed by atoms with E-state index in [1.54, 1.807) is 6.07 Å². The predicted molar refractivity (Wildman–Crippen MR) is 108 cm³/mol. The van der Waals surface area contributed by atoms with Gasteiger partial charge in [-0.15, -0.1) is 0 Å². The Morgan fingerprint density at radius 1 is 1.11 bits per heavy atom. The molecule has 0 atom stereocenters. The van der Waals surface area contributed by atoms with Crippen molar-refractivity contribution in [2.45, 2.75) is 26.9 Å². The van der Waals surface area contributed by atoms with Crippen molar-refractivity contribution in [1.82, 2.24) is 24.4 Å². The molecule has 28 heavy (non-hydrogen) atoms.